The van der Waals surface area contributed by atoms with Gasteiger partial charge in [-0.15, -0.1) is 11.8 Å². The third-order valence-corrected chi connectivity index (χ3v) is 6.90. The van der Waals surface area contributed by atoms with Gasteiger partial charge in [0.25, 0.3) is 11.8 Å². The van der Waals surface area contributed by atoms with Crippen LogP contribution < -0.4 is 15.4 Å². The van der Waals surface area contributed by atoms with E-state index in [1.807, 2.05) is 24.5 Å². The van der Waals surface area contributed by atoms with E-state index in [9.17, 15) is 19.1 Å². The zero-order valence-corrected chi connectivity index (χ0v) is 20.9. The molecule has 9 heteroatoms. The number of rotatable bonds is 7. The number of phenols is 1. The van der Waals surface area contributed by atoms with Crippen LogP contribution in [0, 0.1) is 12.7 Å². The second-order valence-electron chi connectivity index (χ2n) is 8.78. The lowest BCUT2D eigenvalue weighted by Gasteiger charge is -2.29. The lowest BCUT2D eigenvalue weighted by molar-refractivity contribution is 0.0890. The highest BCUT2D eigenvalue weighted by Gasteiger charge is 2.26. The molecule has 0 atom stereocenters. The summed E-state index contributed by atoms with van der Waals surface area (Å²) >= 11 is 1.56. The number of phenolic OH excluding ortho intramolecular Hbond substituents is 1. The van der Waals surface area contributed by atoms with E-state index in [4.69, 9.17) is 4.74 Å². The van der Waals surface area contributed by atoms with Crippen LogP contribution in [0.25, 0.3) is 0 Å². The van der Waals surface area contributed by atoms with Crippen molar-refractivity contribution in [3.63, 3.8) is 0 Å². The Hall–Kier alpha value is -3.59. The summed E-state index contributed by atoms with van der Waals surface area (Å²) in [7, 11) is 0. The molecular formula is C27H28FN3O4S. The molecule has 1 saturated carbocycles. The summed E-state index contributed by atoms with van der Waals surface area (Å²) in [5.74, 6) is -0.569. The standard InChI is InChI=1S/C27H28FN3O4S/c1-16-12-17(6-11-24(16)32)25(33)30-19-7-9-20(10-8-19)31-26(34)23-13-18(28)15-29-27(23)35-21-4-3-5-22(14-21)36-2/h3-6,11-15,19-20,32H,7-10H2,1-2H3,(H,30,33)(H,31,34). The number of thioether (sulfide) groups is 1. The lowest BCUT2D eigenvalue weighted by Crippen LogP contribution is -2.43. The third-order valence-electron chi connectivity index (χ3n) is 6.17. The fraction of sp³-hybridized carbons (Fsp3) is 0.296. The quantitative estimate of drug-likeness (QED) is 0.378. The third kappa shape index (κ3) is 6.34. The Bertz CT molecular complexity index is 1260. The van der Waals surface area contributed by atoms with Gasteiger partial charge < -0.3 is 20.5 Å². The lowest BCUT2D eigenvalue weighted by atomic mass is 9.90. The van der Waals surface area contributed by atoms with Crippen molar-refractivity contribution in [3.05, 3.63) is 77.2 Å². The first-order valence-electron chi connectivity index (χ1n) is 11.7. The first-order chi connectivity index (χ1) is 17.3. The number of aromatic nitrogens is 1. The first-order valence-corrected chi connectivity index (χ1v) is 12.9. The van der Waals surface area contributed by atoms with Crippen molar-refractivity contribution in [1.82, 2.24) is 15.6 Å². The van der Waals surface area contributed by atoms with Crippen LogP contribution in [0.3, 0.4) is 0 Å². The monoisotopic (exact) mass is 509 g/mol. The second kappa shape index (κ2) is 11.4. The summed E-state index contributed by atoms with van der Waals surface area (Å²) in [5.41, 5.74) is 1.17. The van der Waals surface area contributed by atoms with Crippen molar-refractivity contribution in [2.24, 2.45) is 0 Å². The van der Waals surface area contributed by atoms with Gasteiger partial charge in [-0.2, -0.15) is 0 Å². The Morgan fingerprint density at radius 2 is 1.72 bits per heavy atom. The van der Waals surface area contributed by atoms with Gasteiger partial charge >= 0.3 is 0 Å². The van der Waals surface area contributed by atoms with Gasteiger partial charge in [-0.3, -0.25) is 9.59 Å². The summed E-state index contributed by atoms with van der Waals surface area (Å²) in [6.07, 6.45) is 5.69. The molecule has 1 heterocycles. The number of ether oxygens (including phenoxy) is 1. The van der Waals surface area contributed by atoms with Gasteiger partial charge in [-0.05, 0) is 86.9 Å². The minimum absolute atomic E-state index is 0.0156. The maximum atomic E-state index is 13.9. The molecule has 1 aromatic heterocycles. The first kappa shape index (κ1) is 25.5. The van der Waals surface area contributed by atoms with Crippen LogP contribution in [0.1, 0.15) is 52.0 Å². The molecule has 1 fully saturated rings. The molecule has 0 unspecified atom stereocenters. The van der Waals surface area contributed by atoms with E-state index in [-0.39, 0.29) is 35.2 Å². The highest BCUT2D eigenvalue weighted by atomic mass is 32.2. The number of pyridine rings is 1. The number of nitrogens with one attached hydrogen (secondary N) is 2. The minimum Gasteiger partial charge on any atom is -0.508 e. The number of hydrogen-bond acceptors (Lipinski definition) is 6. The molecule has 188 valence electrons. The molecule has 2 amide bonds. The number of carbonyl (C=O) groups excluding carboxylic acids is 2. The maximum absolute atomic E-state index is 13.9. The average Bonchev–Trinajstić information content (AvgIpc) is 2.88. The zero-order chi connectivity index (χ0) is 25.7. The van der Waals surface area contributed by atoms with Gasteiger partial charge in [0.2, 0.25) is 5.88 Å². The number of halogens is 1. The van der Waals surface area contributed by atoms with Gasteiger partial charge in [0.05, 0.1) is 6.20 Å². The number of hydrogen-bond donors (Lipinski definition) is 3. The number of benzene rings is 2. The van der Waals surface area contributed by atoms with Crippen LogP contribution in [0.2, 0.25) is 0 Å². The summed E-state index contributed by atoms with van der Waals surface area (Å²) in [5, 5.41) is 15.6. The SMILES string of the molecule is CSc1cccc(Oc2ncc(F)cc2C(=O)NC2CCC(NC(=O)c3ccc(O)c(C)c3)CC2)c1. The highest BCUT2D eigenvalue weighted by Crippen LogP contribution is 2.28. The van der Waals surface area contributed by atoms with E-state index in [1.54, 1.807) is 36.9 Å². The smallest absolute Gasteiger partial charge is 0.257 e. The summed E-state index contributed by atoms with van der Waals surface area (Å²) in [4.78, 5) is 30.6. The predicted octanol–water partition coefficient (Wildman–Crippen LogP) is 5.22. The van der Waals surface area contributed by atoms with Crippen LogP contribution in [0.5, 0.6) is 17.4 Å². The Morgan fingerprint density at radius 3 is 2.39 bits per heavy atom. The summed E-state index contributed by atoms with van der Waals surface area (Å²) in [6.45, 7) is 1.74. The Morgan fingerprint density at radius 1 is 1.03 bits per heavy atom. The van der Waals surface area contributed by atoms with E-state index in [1.165, 1.54) is 6.07 Å². The maximum Gasteiger partial charge on any atom is 0.257 e. The number of aryl methyl sites for hydroxylation is 1. The van der Waals surface area contributed by atoms with Crippen molar-refractivity contribution < 1.29 is 23.8 Å². The van der Waals surface area contributed by atoms with E-state index in [0.717, 1.165) is 17.2 Å². The van der Waals surface area contributed by atoms with Crippen LogP contribution in [0.15, 0.2) is 59.6 Å². The fourth-order valence-corrected chi connectivity index (χ4v) is 4.61. The molecule has 36 heavy (non-hydrogen) atoms. The normalized spacial score (nSPS) is 17.3. The molecule has 3 N–H and O–H groups in total. The van der Waals surface area contributed by atoms with Gasteiger partial charge in [-0.1, -0.05) is 6.07 Å². The minimum atomic E-state index is -0.624. The molecule has 1 aliphatic rings. The molecule has 0 radical (unpaired) electrons. The van der Waals surface area contributed by atoms with E-state index < -0.39 is 11.7 Å². The molecular weight excluding hydrogens is 481 g/mol. The van der Waals surface area contributed by atoms with Crippen molar-refractivity contribution in [3.8, 4) is 17.4 Å². The Kier molecular flexibility index (Phi) is 8.10. The fourth-order valence-electron chi connectivity index (χ4n) is 4.16. The second-order valence-corrected chi connectivity index (χ2v) is 9.66. The van der Waals surface area contributed by atoms with Crippen LogP contribution >= 0.6 is 11.8 Å². The van der Waals surface area contributed by atoms with Gasteiger partial charge in [0.1, 0.15) is 22.9 Å². The molecule has 1 aliphatic carbocycles. The van der Waals surface area contributed by atoms with Crippen LogP contribution in [-0.4, -0.2) is 40.2 Å². The van der Waals surface area contributed by atoms with E-state index in [0.29, 0.717) is 42.6 Å². The summed E-state index contributed by atoms with van der Waals surface area (Å²) in [6, 6.07) is 13.1. The van der Waals surface area contributed by atoms with Crippen molar-refractivity contribution in [1.29, 1.82) is 0 Å². The number of aromatic hydroxyl groups is 1. The number of nitrogens with zero attached hydrogens (tertiary/aromatic N) is 1. The molecule has 0 spiro atoms. The van der Waals surface area contributed by atoms with Crippen molar-refractivity contribution in [2.75, 3.05) is 6.26 Å². The largest absolute Gasteiger partial charge is 0.508 e. The molecule has 7 nitrogen and oxygen atoms in total. The molecule has 0 bridgehead atoms. The van der Waals surface area contributed by atoms with Gasteiger partial charge in [0, 0.05) is 22.5 Å². The predicted molar refractivity (Wildman–Crippen MR) is 136 cm³/mol. The average molecular weight is 510 g/mol. The zero-order valence-electron chi connectivity index (χ0n) is 20.1. The topological polar surface area (TPSA) is 101 Å². The van der Waals surface area contributed by atoms with Crippen molar-refractivity contribution in [2.45, 2.75) is 49.6 Å². The van der Waals surface area contributed by atoms with Gasteiger partial charge in [-0.25, -0.2) is 9.37 Å². The Labute approximate surface area is 213 Å². The summed E-state index contributed by atoms with van der Waals surface area (Å²) < 4.78 is 19.8. The van der Waals surface area contributed by atoms with Crippen LogP contribution in [-0.2, 0) is 0 Å². The van der Waals surface area contributed by atoms with E-state index >= 15 is 0 Å². The molecule has 0 saturated heterocycles. The van der Waals surface area contributed by atoms with E-state index in [2.05, 4.69) is 15.6 Å². The number of amides is 2. The van der Waals surface area contributed by atoms with Crippen molar-refractivity contribution >= 4 is 23.6 Å². The van der Waals surface area contributed by atoms with Crippen LogP contribution in [0.4, 0.5) is 4.39 Å². The molecule has 3 aromatic rings. The molecule has 2 aromatic carbocycles. The molecule has 0 aliphatic heterocycles. The Balaban J connectivity index is 1.35. The highest BCUT2D eigenvalue weighted by molar-refractivity contribution is 7.98. The molecule has 4 rings (SSSR count). The van der Waals surface area contributed by atoms with Gasteiger partial charge in [0.15, 0.2) is 0 Å². The number of carbonyl (C=O) groups is 2.